The number of alkyl carbamates (subject to hydrolysis) is 1. The van der Waals surface area contributed by atoms with Gasteiger partial charge in [0.05, 0.1) is 6.21 Å². The SMILES string of the molecule is Cn1cc(/C=N\NC(=O)CNC(=O)OCc2ccccc2)c2ccccc21. The number of amides is 2. The van der Waals surface area contributed by atoms with Gasteiger partial charge in [0.2, 0.25) is 0 Å². The molecular weight excluding hydrogens is 344 g/mol. The van der Waals surface area contributed by atoms with E-state index in [-0.39, 0.29) is 13.2 Å². The summed E-state index contributed by atoms with van der Waals surface area (Å²) in [5.74, 6) is -0.442. The number of aryl methyl sites for hydroxylation is 1. The highest BCUT2D eigenvalue weighted by Gasteiger charge is 2.06. The molecule has 0 aliphatic heterocycles. The van der Waals surface area contributed by atoms with Gasteiger partial charge in [0.25, 0.3) is 5.91 Å². The number of rotatable bonds is 6. The smallest absolute Gasteiger partial charge is 0.407 e. The highest BCUT2D eigenvalue weighted by molar-refractivity contribution is 5.99. The maximum absolute atomic E-state index is 11.8. The number of benzene rings is 2. The van der Waals surface area contributed by atoms with Crippen molar-refractivity contribution in [3.8, 4) is 0 Å². The van der Waals surface area contributed by atoms with E-state index in [1.54, 1.807) is 6.21 Å². The van der Waals surface area contributed by atoms with Crippen LogP contribution in [-0.2, 0) is 23.2 Å². The topological polar surface area (TPSA) is 84.7 Å². The summed E-state index contributed by atoms with van der Waals surface area (Å²) >= 11 is 0. The zero-order chi connectivity index (χ0) is 19.1. The molecule has 1 aromatic heterocycles. The fourth-order valence-corrected chi connectivity index (χ4v) is 2.62. The van der Waals surface area contributed by atoms with Crippen molar-refractivity contribution in [1.82, 2.24) is 15.3 Å². The van der Waals surface area contributed by atoms with Gasteiger partial charge in [-0.25, -0.2) is 10.2 Å². The lowest BCUT2D eigenvalue weighted by Crippen LogP contribution is -2.35. The van der Waals surface area contributed by atoms with Crippen LogP contribution >= 0.6 is 0 Å². The highest BCUT2D eigenvalue weighted by Crippen LogP contribution is 2.18. The van der Waals surface area contributed by atoms with Crippen molar-refractivity contribution in [1.29, 1.82) is 0 Å². The van der Waals surface area contributed by atoms with Crippen molar-refractivity contribution in [2.75, 3.05) is 6.54 Å². The molecule has 3 aromatic rings. The van der Waals surface area contributed by atoms with Crippen LogP contribution in [0.25, 0.3) is 10.9 Å². The van der Waals surface area contributed by atoms with Crippen LogP contribution in [0.3, 0.4) is 0 Å². The molecule has 0 atom stereocenters. The van der Waals surface area contributed by atoms with Crippen molar-refractivity contribution in [2.24, 2.45) is 12.1 Å². The number of fused-ring (bicyclic) bond motifs is 1. The third kappa shape index (κ3) is 4.94. The van der Waals surface area contributed by atoms with Gasteiger partial charge >= 0.3 is 6.09 Å². The largest absolute Gasteiger partial charge is 0.445 e. The van der Waals surface area contributed by atoms with Crippen molar-refractivity contribution < 1.29 is 14.3 Å². The summed E-state index contributed by atoms with van der Waals surface area (Å²) in [4.78, 5) is 23.4. The number of nitrogens with one attached hydrogen (secondary N) is 2. The summed E-state index contributed by atoms with van der Waals surface area (Å²) in [5, 5.41) is 7.37. The first-order chi connectivity index (χ1) is 13.1. The van der Waals surface area contributed by atoms with Gasteiger partial charge in [0.1, 0.15) is 13.2 Å². The van der Waals surface area contributed by atoms with E-state index >= 15 is 0 Å². The Balaban J connectivity index is 1.44. The molecule has 0 radical (unpaired) electrons. The average molecular weight is 364 g/mol. The maximum Gasteiger partial charge on any atom is 0.407 e. The van der Waals surface area contributed by atoms with Crippen LogP contribution in [0.15, 0.2) is 65.9 Å². The molecule has 1 heterocycles. The van der Waals surface area contributed by atoms with E-state index in [0.29, 0.717) is 0 Å². The van der Waals surface area contributed by atoms with Gasteiger partial charge in [-0.2, -0.15) is 5.10 Å². The van der Waals surface area contributed by atoms with E-state index in [4.69, 9.17) is 4.74 Å². The Morgan fingerprint density at radius 2 is 1.85 bits per heavy atom. The van der Waals surface area contributed by atoms with Gasteiger partial charge in [0, 0.05) is 29.7 Å². The number of para-hydroxylation sites is 1. The van der Waals surface area contributed by atoms with Gasteiger partial charge in [-0.3, -0.25) is 4.79 Å². The van der Waals surface area contributed by atoms with Gasteiger partial charge < -0.3 is 14.6 Å². The van der Waals surface area contributed by atoms with E-state index in [9.17, 15) is 9.59 Å². The average Bonchev–Trinajstić information content (AvgIpc) is 3.02. The van der Waals surface area contributed by atoms with Crippen LogP contribution in [0.4, 0.5) is 4.79 Å². The standard InChI is InChI=1S/C20H20N4O3/c1-24-13-16(17-9-5-6-10-18(17)24)11-22-23-19(25)12-21-20(26)27-14-15-7-3-2-4-8-15/h2-11,13H,12,14H2,1H3,(H,21,26)(H,23,25)/b22-11-. The molecule has 0 fully saturated rings. The number of aromatic nitrogens is 1. The Kier molecular flexibility index (Phi) is 5.84. The minimum atomic E-state index is -0.660. The summed E-state index contributed by atoms with van der Waals surface area (Å²) in [7, 11) is 1.95. The molecule has 0 saturated heterocycles. The second-order valence-corrected chi connectivity index (χ2v) is 5.92. The number of nitrogens with zero attached hydrogens (tertiary/aromatic N) is 2. The highest BCUT2D eigenvalue weighted by atomic mass is 16.5. The summed E-state index contributed by atoms with van der Waals surface area (Å²) < 4.78 is 7.02. The Bertz CT molecular complexity index is 964. The molecule has 0 bridgehead atoms. The molecule has 0 aliphatic rings. The zero-order valence-electron chi connectivity index (χ0n) is 14.9. The number of hydrogen-bond donors (Lipinski definition) is 2. The van der Waals surface area contributed by atoms with Gasteiger partial charge in [-0.05, 0) is 11.6 Å². The van der Waals surface area contributed by atoms with E-state index in [1.165, 1.54) is 0 Å². The monoisotopic (exact) mass is 364 g/mol. The zero-order valence-corrected chi connectivity index (χ0v) is 14.9. The van der Waals surface area contributed by atoms with Crippen LogP contribution in [0.1, 0.15) is 11.1 Å². The van der Waals surface area contributed by atoms with Crippen LogP contribution in [0.5, 0.6) is 0 Å². The number of hydrazone groups is 1. The van der Waals surface area contributed by atoms with E-state index in [0.717, 1.165) is 22.0 Å². The molecule has 0 spiro atoms. The number of ether oxygens (including phenoxy) is 1. The molecule has 3 rings (SSSR count). The van der Waals surface area contributed by atoms with Gasteiger partial charge in [-0.1, -0.05) is 48.5 Å². The molecule has 138 valence electrons. The van der Waals surface area contributed by atoms with Crippen molar-refractivity contribution in [2.45, 2.75) is 6.61 Å². The fourth-order valence-electron chi connectivity index (χ4n) is 2.62. The number of carbonyl (C=O) groups excluding carboxylic acids is 2. The van der Waals surface area contributed by atoms with E-state index < -0.39 is 12.0 Å². The number of hydrogen-bond acceptors (Lipinski definition) is 4. The fraction of sp³-hybridized carbons (Fsp3) is 0.150. The quantitative estimate of drug-likeness (QED) is 0.521. The third-order valence-corrected chi connectivity index (χ3v) is 3.93. The van der Waals surface area contributed by atoms with E-state index in [1.807, 2.05) is 72.4 Å². The Labute approximate surface area is 156 Å². The van der Waals surface area contributed by atoms with Gasteiger partial charge in [0.15, 0.2) is 0 Å². The predicted molar refractivity (Wildman–Crippen MR) is 103 cm³/mol. The molecule has 2 amide bonds. The minimum Gasteiger partial charge on any atom is -0.445 e. The van der Waals surface area contributed by atoms with Crippen LogP contribution in [0, 0.1) is 0 Å². The molecule has 0 unspecified atom stereocenters. The van der Waals surface area contributed by atoms with Crippen molar-refractivity contribution in [3.63, 3.8) is 0 Å². The number of carbonyl (C=O) groups is 2. The first kappa shape index (κ1) is 18.2. The normalized spacial score (nSPS) is 10.9. The molecule has 2 N–H and O–H groups in total. The van der Waals surface area contributed by atoms with Crippen molar-refractivity contribution in [3.05, 3.63) is 71.9 Å². The summed E-state index contributed by atoms with van der Waals surface area (Å²) in [5.41, 5.74) is 5.23. The molecule has 7 nitrogen and oxygen atoms in total. The second kappa shape index (κ2) is 8.66. The molecule has 7 heteroatoms. The minimum absolute atomic E-state index is 0.146. The molecular formula is C20H20N4O3. The predicted octanol–water partition coefficient (Wildman–Crippen LogP) is 2.55. The first-order valence-corrected chi connectivity index (χ1v) is 8.44. The molecule has 0 aliphatic carbocycles. The molecule has 27 heavy (non-hydrogen) atoms. The molecule has 0 saturated carbocycles. The Hall–Kier alpha value is -3.61. The maximum atomic E-state index is 11.8. The first-order valence-electron chi connectivity index (χ1n) is 8.44. The summed E-state index contributed by atoms with van der Waals surface area (Å²) in [6, 6.07) is 17.2. The second-order valence-electron chi connectivity index (χ2n) is 5.92. The van der Waals surface area contributed by atoms with E-state index in [2.05, 4.69) is 15.8 Å². The van der Waals surface area contributed by atoms with Crippen LogP contribution in [-0.4, -0.2) is 29.3 Å². The lowest BCUT2D eigenvalue weighted by molar-refractivity contribution is -0.120. The lowest BCUT2D eigenvalue weighted by Gasteiger charge is -2.06. The Morgan fingerprint density at radius 1 is 1.11 bits per heavy atom. The lowest BCUT2D eigenvalue weighted by atomic mass is 10.2. The summed E-state index contributed by atoms with van der Waals surface area (Å²) in [6.45, 7) is -0.0754. The van der Waals surface area contributed by atoms with Crippen molar-refractivity contribution >= 4 is 29.1 Å². The Morgan fingerprint density at radius 3 is 2.67 bits per heavy atom. The van der Waals surface area contributed by atoms with Gasteiger partial charge in [-0.15, -0.1) is 0 Å². The summed E-state index contributed by atoms with van der Waals surface area (Å²) in [6.07, 6.45) is 2.85. The molecule has 2 aromatic carbocycles. The van der Waals surface area contributed by atoms with Crippen LogP contribution < -0.4 is 10.7 Å². The van der Waals surface area contributed by atoms with Crippen LogP contribution in [0.2, 0.25) is 0 Å². The third-order valence-electron chi connectivity index (χ3n) is 3.93.